The van der Waals surface area contributed by atoms with Gasteiger partial charge in [0.15, 0.2) is 0 Å². The molecule has 0 saturated carbocycles. The van der Waals surface area contributed by atoms with Gasteiger partial charge in [-0.15, -0.1) is 4.83 Å². The number of halogens is 1. The lowest BCUT2D eigenvalue weighted by molar-refractivity contribution is -0.117. The molecule has 0 atom stereocenters. The third-order valence-electron chi connectivity index (χ3n) is 3.92. The van der Waals surface area contributed by atoms with Crippen LogP contribution in [-0.2, 0) is 14.8 Å². The van der Waals surface area contributed by atoms with Crippen LogP contribution in [0.4, 0.5) is 5.69 Å². The standard InChI is InChI=1S/C17H16ClN3O4S/c18-13-4-1-3-12(11-13)17(23)19-20-26(24,25)15-8-6-14(7-9-15)21-10-2-5-16(21)22/h1,3-4,6-9,11,20H,2,5,10H2,(H,19,23). The molecule has 1 aliphatic rings. The Labute approximate surface area is 156 Å². The maximum Gasteiger partial charge on any atom is 0.266 e. The van der Waals surface area contributed by atoms with E-state index in [1.54, 1.807) is 29.2 Å². The van der Waals surface area contributed by atoms with Crippen molar-refractivity contribution < 1.29 is 18.0 Å². The number of rotatable bonds is 5. The average molecular weight is 394 g/mol. The van der Waals surface area contributed by atoms with E-state index in [1.807, 2.05) is 4.83 Å². The molecule has 0 bridgehead atoms. The van der Waals surface area contributed by atoms with Gasteiger partial charge in [-0.2, -0.15) is 0 Å². The normalized spacial score (nSPS) is 14.5. The molecule has 26 heavy (non-hydrogen) atoms. The van der Waals surface area contributed by atoms with Gasteiger partial charge in [0.2, 0.25) is 5.91 Å². The fraction of sp³-hybridized carbons (Fsp3) is 0.176. The molecular weight excluding hydrogens is 378 g/mol. The summed E-state index contributed by atoms with van der Waals surface area (Å²) in [6.07, 6.45) is 1.28. The van der Waals surface area contributed by atoms with Crippen LogP contribution in [0, 0.1) is 0 Å². The fourth-order valence-corrected chi connectivity index (χ4v) is 3.63. The maximum atomic E-state index is 12.3. The summed E-state index contributed by atoms with van der Waals surface area (Å²) < 4.78 is 24.6. The molecule has 3 rings (SSSR count). The van der Waals surface area contributed by atoms with E-state index in [9.17, 15) is 18.0 Å². The minimum absolute atomic E-state index is 0.0208. The van der Waals surface area contributed by atoms with Gasteiger partial charge in [0.05, 0.1) is 4.90 Å². The van der Waals surface area contributed by atoms with Crippen molar-refractivity contribution in [2.45, 2.75) is 17.7 Å². The van der Waals surface area contributed by atoms with E-state index in [-0.39, 0.29) is 16.4 Å². The zero-order chi connectivity index (χ0) is 18.7. The number of hydrazine groups is 1. The fourth-order valence-electron chi connectivity index (χ4n) is 2.60. The summed E-state index contributed by atoms with van der Waals surface area (Å²) in [5.41, 5.74) is 3.01. The third kappa shape index (κ3) is 4.04. The van der Waals surface area contributed by atoms with Gasteiger partial charge in [0.25, 0.3) is 15.9 Å². The van der Waals surface area contributed by atoms with Gasteiger partial charge >= 0.3 is 0 Å². The Morgan fingerprint density at radius 2 is 1.85 bits per heavy atom. The van der Waals surface area contributed by atoms with Gasteiger partial charge in [0, 0.05) is 29.2 Å². The summed E-state index contributed by atoms with van der Waals surface area (Å²) in [4.78, 5) is 27.4. The number of anilines is 1. The van der Waals surface area contributed by atoms with Crippen molar-refractivity contribution >= 4 is 39.1 Å². The predicted molar refractivity (Wildman–Crippen MR) is 97.3 cm³/mol. The second kappa shape index (κ2) is 7.45. The Bertz CT molecular complexity index is 945. The lowest BCUT2D eigenvalue weighted by Gasteiger charge is -2.16. The zero-order valence-corrected chi connectivity index (χ0v) is 15.2. The molecule has 0 aliphatic carbocycles. The lowest BCUT2D eigenvalue weighted by Crippen LogP contribution is -2.41. The highest BCUT2D eigenvalue weighted by atomic mass is 35.5. The molecule has 9 heteroatoms. The predicted octanol–water partition coefficient (Wildman–Crippen LogP) is 2.09. The number of carbonyl (C=O) groups is 2. The first-order valence-corrected chi connectivity index (χ1v) is 9.71. The van der Waals surface area contributed by atoms with Crippen LogP contribution in [0.15, 0.2) is 53.4 Å². The molecule has 1 heterocycles. The summed E-state index contributed by atoms with van der Waals surface area (Å²) in [6.45, 7) is 0.624. The van der Waals surface area contributed by atoms with Crippen molar-refractivity contribution in [3.05, 3.63) is 59.1 Å². The van der Waals surface area contributed by atoms with Crippen LogP contribution in [0.5, 0.6) is 0 Å². The monoisotopic (exact) mass is 393 g/mol. The van der Waals surface area contributed by atoms with Gasteiger partial charge in [-0.05, 0) is 48.9 Å². The Hall–Kier alpha value is -2.42. The van der Waals surface area contributed by atoms with Gasteiger partial charge in [-0.3, -0.25) is 15.0 Å². The molecule has 2 N–H and O–H groups in total. The molecule has 1 aliphatic heterocycles. The molecule has 2 aromatic carbocycles. The number of carbonyl (C=O) groups excluding carboxylic acids is 2. The third-order valence-corrected chi connectivity index (χ3v) is 5.42. The highest BCUT2D eigenvalue weighted by Crippen LogP contribution is 2.22. The largest absolute Gasteiger partial charge is 0.312 e. The number of amides is 2. The molecule has 136 valence electrons. The van der Waals surface area contributed by atoms with Crippen LogP contribution in [0.1, 0.15) is 23.2 Å². The highest BCUT2D eigenvalue weighted by Gasteiger charge is 2.22. The van der Waals surface area contributed by atoms with Crippen LogP contribution >= 0.6 is 11.6 Å². The lowest BCUT2D eigenvalue weighted by atomic mass is 10.2. The van der Waals surface area contributed by atoms with Gasteiger partial charge in [0.1, 0.15) is 0 Å². The Kier molecular flexibility index (Phi) is 5.26. The minimum atomic E-state index is -3.95. The molecule has 1 fully saturated rings. The minimum Gasteiger partial charge on any atom is -0.312 e. The van der Waals surface area contributed by atoms with E-state index in [2.05, 4.69) is 5.43 Å². The molecular formula is C17H16ClN3O4S. The number of hydrogen-bond acceptors (Lipinski definition) is 4. The van der Waals surface area contributed by atoms with E-state index in [1.165, 1.54) is 24.3 Å². The quantitative estimate of drug-likeness (QED) is 0.760. The summed E-state index contributed by atoms with van der Waals surface area (Å²) in [5, 5.41) is 0.368. The molecule has 0 aromatic heterocycles. The number of benzene rings is 2. The van der Waals surface area contributed by atoms with E-state index >= 15 is 0 Å². The van der Waals surface area contributed by atoms with Crippen molar-refractivity contribution in [2.24, 2.45) is 0 Å². The van der Waals surface area contributed by atoms with E-state index in [0.29, 0.717) is 23.7 Å². The molecule has 0 spiro atoms. The Balaban J connectivity index is 1.68. The van der Waals surface area contributed by atoms with Crippen molar-refractivity contribution in [2.75, 3.05) is 11.4 Å². The highest BCUT2D eigenvalue weighted by molar-refractivity contribution is 7.89. The van der Waals surface area contributed by atoms with Crippen LogP contribution in [0.25, 0.3) is 0 Å². The van der Waals surface area contributed by atoms with E-state index in [0.717, 1.165) is 6.42 Å². The summed E-state index contributed by atoms with van der Waals surface area (Å²) in [7, 11) is -3.95. The first-order chi connectivity index (χ1) is 12.4. The van der Waals surface area contributed by atoms with Crippen LogP contribution in [-0.4, -0.2) is 26.8 Å². The molecule has 2 amide bonds. The average Bonchev–Trinajstić information content (AvgIpc) is 3.06. The van der Waals surface area contributed by atoms with Crippen molar-refractivity contribution in [3.63, 3.8) is 0 Å². The Morgan fingerprint density at radius 3 is 2.46 bits per heavy atom. The van der Waals surface area contributed by atoms with Crippen LogP contribution in [0.2, 0.25) is 5.02 Å². The van der Waals surface area contributed by atoms with E-state index < -0.39 is 15.9 Å². The van der Waals surface area contributed by atoms with Gasteiger partial charge < -0.3 is 4.90 Å². The van der Waals surface area contributed by atoms with Gasteiger partial charge in [-0.1, -0.05) is 17.7 Å². The smallest absolute Gasteiger partial charge is 0.266 e. The van der Waals surface area contributed by atoms with Crippen LogP contribution < -0.4 is 15.2 Å². The summed E-state index contributed by atoms with van der Waals surface area (Å²) in [6, 6.07) is 12.0. The van der Waals surface area contributed by atoms with Crippen molar-refractivity contribution in [1.82, 2.24) is 10.3 Å². The summed E-state index contributed by atoms with van der Waals surface area (Å²) >= 11 is 5.81. The number of sulfonamides is 1. The van der Waals surface area contributed by atoms with Crippen molar-refractivity contribution in [1.29, 1.82) is 0 Å². The molecule has 1 saturated heterocycles. The number of nitrogens with one attached hydrogen (secondary N) is 2. The molecule has 0 unspecified atom stereocenters. The summed E-state index contributed by atoms with van der Waals surface area (Å²) in [5.74, 6) is -0.608. The zero-order valence-electron chi connectivity index (χ0n) is 13.6. The van der Waals surface area contributed by atoms with Crippen LogP contribution in [0.3, 0.4) is 0 Å². The first kappa shape index (κ1) is 18.4. The molecule has 0 radical (unpaired) electrons. The van der Waals surface area contributed by atoms with Gasteiger partial charge in [-0.25, -0.2) is 8.42 Å². The molecule has 2 aromatic rings. The first-order valence-electron chi connectivity index (χ1n) is 7.85. The SMILES string of the molecule is O=C(NNS(=O)(=O)c1ccc(N2CCCC2=O)cc1)c1cccc(Cl)c1. The topological polar surface area (TPSA) is 95.6 Å². The second-order valence-electron chi connectivity index (χ2n) is 5.71. The number of nitrogens with zero attached hydrogens (tertiary/aromatic N) is 1. The Morgan fingerprint density at radius 1 is 1.12 bits per heavy atom. The van der Waals surface area contributed by atoms with E-state index in [4.69, 9.17) is 11.6 Å². The van der Waals surface area contributed by atoms with Crippen molar-refractivity contribution in [3.8, 4) is 0 Å². The second-order valence-corrected chi connectivity index (χ2v) is 7.83. The molecule has 7 nitrogen and oxygen atoms in total. The maximum absolute atomic E-state index is 12.3. The number of hydrogen-bond donors (Lipinski definition) is 2.